The second kappa shape index (κ2) is 13.1. The molecule has 0 saturated heterocycles. The van der Waals surface area contributed by atoms with Gasteiger partial charge in [0.2, 0.25) is 11.8 Å². The zero-order valence-electron chi connectivity index (χ0n) is 21.5. The number of hydrogen-bond acceptors (Lipinski definition) is 4. The van der Waals surface area contributed by atoms with Gasteiger partial charge in [0.1, 0.15) is 12.6 Å². The number of sulfonamides is 1. The summed E-state index contributed by atoms with van der Waals surface area (Å²) in [5, 5.41) is 3.15. The summed E-state index contributed by atoms with van der Waals surface area (Å²) in [7, 11) is -4.23. The average Bonchev–Trinajstić information content (AvgIpc) is 2.89. The predicted octanol–water partition coefficient (Wildman–Crippen LogP) is 5.44. The van der Waals surface area contributed by atoms with Crippen LogP contribution in [-0.2, 0) is 26.2 Å². The van der Waals surface area contributed by atoms with Crippen LogP contribution in [0.1, 0.15) is 31.4 Å². The molecule has 3 aromatic rings. The first kappa shape index (κ1) is 29.5. The van der Waals surface area contributed by atoms with Crippen LogP contribution >= 0.6 is 23.2 Å². The number of aryl methyl sites for hydroxylation is 1. The van der Waals surface area contributed by atoms with Crippen molar-refractivity contribution in [3.63, 3.8) is 0 Å². The zero-order chi connectivity index (χ0) is 27.9. The SMILES string of the molecule is CCNC(=O)[C@@H](CC)N(Cc1ccccc1)C(=O)CN(c1cc(Cl)ccc1Cl)S(=O)(=O)c1ccc(C)cc1. The van der Waals surface area contributed by atoms with Gasteiger partial charge in [-0.05, 0) is 56.2 Å². The molecule has 1 atom stereocenters. The van der Waals surface area contributed by atoms with E-state index in [1.54, 1.807) is 26.0 Å². The number of nitrogens with zero attached hydrogens (tertiary/aromatic N) is 2. The standard InChI is InChI=1S/C28H31Cl2N3O4S/c1-4-25(28(35)31-5-2)32(18-21-9-7-6-8-10-21)27(34)19-33(26-17-22(29)13-16-24(26)30)38(36,37)23-14-11-20(3)12-15-23/h6-17,25H,4-5,18-19H2,1-3H3,(H,31,35)/t25-/m1/s1. The fraction of sp³-hybridized carbons (Fsp3) is 0.286. The second-order valence-corrected chi connectivity index (χ2v) is 11.5. The number of amides is 2. The Morgan fingerprint density at radius 3 is 2.21 bits per heavy atom. The van der Waals surface area contributed by atoms with Gasteiger partial charge in [0.05, 0.1) is 15.6 Å². The highest BCUT2D eigenvalue weighted by Gasteiger charge is 2.34. The summed E-state index contributed by atoms with van der Waals surface area (Å²) in [4.78, 5) is 28.3. The number of nitrogens with one attached hydrogen (secondary N) is 1. The highest BCUT2D eigenvalue weighted by molar-refractivity contribution is 7.92. The van der Waals surface area contributed by atoms with Gasteiger partial charge in [-0.1, -0.05) is 78.2 Å². The molecular weight excluding hydrogens is 545 g/mol. The summed E-state index contributed by atoms with van der Waals surface area (Å²) in [6, 6.07) is 19.2. The number of carbonyl (C=O) groups excluding carboxylic acids is 2. The molecule has 202 valence electrons. The van der Waals surface area contributed by atoms with Crippen molar-refractivity contribution < 1.29 is 18.0 Å². The van der Waals surface area contributed by atoms with Crippen molar-refractivity contribution in [1.82, 2.24) is 10.2 Å². The molecule has 0 aromatic heterocycles. The van der Waals surface area contributed by atoms with Gasteiger partial charge in [0, 0.05) is 18.1 Å². The minimum absolute atomic E-state index is 0.00248. The number of rotatable bonds is 11. The first-order chi connectivity index (χ1) is 18.1. The number of hydrogen-bond donors (Lipinski definition) is 1. The largest absolute Gasteiger partial charge is 0.355 e. The van der Waals surface area contributed by atoms with E-state index in [1.807, 2.05) is 37.3 Å². The molecule has 0 spiro atoms. The van der Waals surface area contributed by atoms with E-state index in [4.69, 9.17) is 23.2 Å². The molecular formula is C28H31Cl2N3O4S. The van der Waals surface area contributed by atoms with Crippen LogP contribution < -0.4 is 9.62 Å². The van der Waals surface area contributed by atoms with Crippen LogP contribution in [0.3, 0.4) is 0 Å². The Hall–Kier alpha value is -3.07. The van der Waals surface area contributed by atoms with E-state index in [1.165, 1.54) is 35.2 Å². The fourth-order valence-electron chi connectivity index (χ4n) is 4.02. The quantitative estimate of drug-likeness (QED) is 0.330. The van der Waals surface area contributed by atoms with Crippen molar-refractivity contribution in [3.05, 3.63) is 94.0 Å². The van der Waals surface area contributed by atoms with Crippen molar-refractivity contribution in [2.75, 3.05) is 17.4 Å². The van der Waals surface area contributed by atoms with Gasteiger partial charge >= 0.3 is 0 Å². The molecule has 7 nitrogen and oxygen atoms in total. The maximum Gasteiger partial charge on any atom is 0.264 e. The molecule has 0 radical (unpaired) electrons. The van der Waals surface area contributed by atoms with Gasteiger partial charge in [0.25, 0.3) is 10.0 Å². The van der Waals surface area contributed by atoms with Gasteiger partial charge in [-0.3, -0.25) is 13.9 Å². The van der Waals surface area contributed by atoms with E-state index in [2.05, 4.69) is 5.32 Å². The van der Waals surface area contributed by atoms with Gasteiger partial charge in [-0.15, -0.1) is 0 Å². The summed E-state index contributed by atoms with van der Waals surface area (Å²) >= 11 is 12.6. The van der Waals surface area contributed by atoms with Crippen molar-refractivity contribution in [1.29, 1.82) is 0 Å². The first-order valence-corrected chi connectivity index (χ1v) is 14.4. The fourth-order valence-corrected chi connectivity index (χ4v) is 5.88. The maximum absolute atomic E-state index is 13.9. The van der Waals surface area contributed by atoms with E-state index in [-0.39, 0.29) is 33.1 Å². The van der Waals surface area contributed by atoms with Crippen LogP contribution in [0.25, 0.3) is 0 Å². The van der Waals surface area contributed by atoms with E-state index in [0.717, 1.165) is 15.4 Å². The summed E-state index contributed by atoms with van der Waals surface area (Å²) in [6.07, 6.45) is 0.340. The van der Waals surface area contributed by atoms with Crippen molar-refractivity contribution in [3.8, 4) is 0 Å². The molecule has 0 fully saturated rings. The molecule has 0 saturated carbocycles. The third kappa shape index (κ3) is 7.07. The Morgan fingerprint density at radius 1 is 0.947 bits per heavy atom. The Morgan fingerprint density at radius 2 is 1.61 bits per heavy atom. The molecule has 0 aliphatic carbocycles. The molecule has 0 aliphatic rings. The second-order valence-electron chi connectivity index (χ2n) is 8.75. The average molecular weight is 577 g/mol. The molecule has 2 amide bonds. The molecule has 0 unspecified atom stereocenters. The Bertz CT molecular complexity index is 1370. The van der Waals surface area contributed by atoms with Crippen molar-refractivity contribution in [2.24, 2.45) is 0 Å². The molecule has 3 rings (SSSR count). The van der Waals surface area contributed by atoms with E-state index in [9.17, 15) is 18.0 Å². The zero-order valence-corrected chi connectivity index (χ0v) is 23.9. The molecule has 0 aliphatic heterocycles. The van der Waals surface area contributed by atoms with Crippen LogP contribution in [0.4, 0.5) is 5.69 Å². The van der Waals surface area contributed by atoms with Crippen LogP contribution in [0, 0.1) is 6.92 Å². The van der Waals surface area contributed by atoms with Gasteiger partial charge in [0.15, 0.2) is 0 Å². The van der Waals surface area contributed by atoms with Gasteiger partial charge in [-0.25, -0.2) is 8.42 Å². The number of halogens is 2. The monoisotopic (exact) mass is 575 g/mol. The minimum atomic E-state index is -4.23. The molecule has 10 heteroatoms. The molecule has 38 heavy (non-hydrogen) atoms. The molecule has 0 heterocycles. The summed E-state index contributed by atoms with van der Waals surface area (Å²) in [6.45, 7) is 5.38. The van der Waals surface area contributed by atoms with E-state index in [0.29, 0.717) is 13.0 Å². The Kier molecular flexibility index (Phi) is 10.2. The minimum Gasteiger partial charge on any atom is -0.355 e. The van der Waals surface area contributed by atoms with Crippen LogP contribution in [0.2, 0.25) is 10.0 Å². The van der Waals surface area contributed by atoms with Crippen LogP contribution in [0.5, 0.6) is 0 Å². The summed E-state index contributed by atoms with van der Waals surface area (Å²) in [5.74, 6) is -0.869. The number of anilines is 1. The Labute approximate surface area is 234 Å². The number of carbonyl (C=O) groups is 2. The molecule has 1 N–H and O–H groups in total. The number of likely N-dealkylation sites (N-methyl/N-ethyl adjacent to an activating group) is 1. The maximum atomic E-state index is 13.9. The third-order valence-corrected chi connectivity index (χ3v) is 8.33. The topological polar surface area (TPSA) is 86.8 Å². The van der Waals surface area contributed by atoms with Gasteiger partial charge < -0.3 is 10.2 Å². The van der Waals surface area contributed by atoms with Crippen LogP contribution in [0.15, 0.2) is 77.7 Å². The van der Waals surface area contributed by atoms with Gasteiger partial charge in [-0.2, -0.15) is 0 Å². The lowest BCUT2D eigenvalue weighted by Crippen LogP contribution is -2.52. The van der Waals surface area contributed by atoms with Crippen molar-refractivity contribution >= 4 is 50.7 Å². The Balaban J connectivity index is 2.09. The summed E-state index contributed by atoms with van der Waals surface area (Å²) in [5.41, 5.74) is 1.75. The van der Waals surface area contributed by atoms with Crippen LogP contribution in [-0.4, -0.2) is 44.3 Å². The van der Waals surface area contributed by atoms with Crippen molar-refractivity contribution in [2.45, 2.75) is 44.7 Å². The predicted molar refractivity (Wildman–Crippen MR) is 152 cm³/mol. The highest BCUT2D eigenvalue weighted by atomic mass is 35.5. The number of benzene rings is 3. The highest BCUT2D eigenvalue weighted by Crippen LogP contribution is 2.33. The lowest BCUT2D eigenvalue weighted by molar-refractivity contribution is -0.140. The molecule has 3 aromatic carbocycles. The third-order valence-electron chi connectivity index (χ3n) is 6.00. The van der Waals surface area contributed by atoms with E-state index >= 15 is 0 Å². The smallest absolute Gasteiger partial charge is 0.264 e. The van der Waals surface area contributed by atoms with E-state index < -0.39 is 28.5 Å². The lowest BCUT2D eigenvalue weighted by atomic mass is 10.1. The summed E-state index contributed by atoms with van der Waals surface area (Å²) < 4.78 is 28.7. The first-order valence-electron chi connectivity index (χ1n) is 12.2. The molecule has 0 bridgehead atoms. The normalized spacial score (nSPS) is 12.0. The lowest BCUT2D eigenvalue weighted by Gasteiger charge is -2.33.